The van der Waals surface area contributed by atoms with Gasteiger partial charge in [0.15, 0.2) is 6.61 Å². The van der Waals surface area contributed by atoms with E-state index < -0.39 is 18.6 Å². The van der Waals surface area contributed by atoms with Crippen LogP contribution in [0.5, 0.6) is 0 Å². The Morgan fingerprint density at radius 3 is 2.73 bits per heavy atom. The molecule has 15 heavy (non-hydrogen) atoms. The van der Waals surface area contributed by atoms with Crippen LogP contribution in [-0.4, -0.2) is 42.3 Å². The number of unbranched alkanes of at least 4 members (excludes halogenated alkanes) is 1. The largest absolute Gasteiger partial charge is 0.479 e. The molecule has 0 aromatic rings. The van der Waals surface area contributed by atoms with Crippen molar-refractivity contribution in [1.29, 1.82) is 0 Å². The molecule has 0 atom stereocenters. The van der Waals surface area contributed by atoms with Gasteiger partial charge in [0.05, 0.1) is 0 Å². The van der Waals surface area contributed by atoms with Gasteiger partial charge in [0.1, 0.15) is 0 Å². The molecule has 0 saturated carbocycles. The summed E-state index contributed by atoms with van der Waals surface area (Å²) < 4.78 is 0. The van der Waals surface area contributed by atoms with Crippen molar-refractivity contribution in [2.75, 3.05) is 25.2 Å². The highest BCUT2D eigenvalue weighted by molar-refractivity contribution is 7.98. The van der Waals surface area contributed by atoms with Gasteiger partial charge < -0.3 is 10.4 Å². The van der Waals surface area contributed by atoms with Crippen molar-refractivity contribution in [3.05, 3.63) is 0 Å². The lowest BCUT2D eigenvalue weighted by atomic mass is 10.3. The first-order valence-electron chi connectivity index (χ1n) is 4.53. The van der Waals surface area contributed by atoms with Crippen molar-refractivity contribution in [3.63, 3.8) is 0 Å². The van der Waals surface area contributed by atoms with Crippen LogP contribution in [0.2, 0.25) is 0 Å². The van der Waals surface area contributed by atoms with Crippen molar-refractivity contribution in [1.82, 2.24) is 10.8 Å². The van der Waals surface area contributed by atoms with Crippen molar-refractivity contribution in [3.8, 4) is 0 Å². The van der Waals surface area contributed by atoms with E-state index in [1.165, 1.54) is 0 Å². The number of carboxylic acids is 1. The molecule has 0 bridgehead atoms. The first-order chi connectivity index (χ1) is 7.16. The van der Waals surface area contributed by atoms with E-state index in [2.05, 4.69) is 10.2 Å². The van der Waals surface area contributed by atoms with Gasteiger partial charge in [-0.2, -0.15) is 11.8 Å². The van der Waals surface area contributed by atoms with Crippen molar-refractivity contribution >= 4 is 23.8 Å². The number of carboxylic acid groups (broad SMARTS) is 1. The Morgan fingerprint density at radius 1 is 1.40 bits per heavy atom. The fourth-order valence-corrected chi connectivity index (χ4v) is 1.27. The first kappa shape index (κ1) is 14.1. The van der Waals surface area contributed by atoms with Crippen molar-refractivity contribution in [2.24, 2.45) is 0 Å². The van der Waals surface area contributed by atoms with Crippen LogP contribution in [0.3, 0.4) is 0 Å². The lowest BCUT2D eigenvalue weighted by molar-refractivity contribution is -0.144. The molecule has 0 aromatic heterocycles. The third-order valence-electron chi connectivity index (χ3n) is 1.42. The van der Waals surface area contributed by atoms with Crippen LogP contribution in [-0.2, 0) is 9.63 Å². The summed E-state index contributed by atoms with van der Waals surface area (Å²) in [6.07, 6.45) is 3.96. The predicted molar refractivity (Wildman–Crippen MR) is 57.7 cm³/mol. The zero-order valence-electron chi connectivity index (χ0n) is 8.62. The van der Waals surface area contributed by atoms with E-state index in [0.717, 1.165) is 18.6 Å². The second kappa shape index (κ2) is 9.60. The average Bonchev–Trinajstić information content (AvgIpc) is 2.17. The Hall–Kier alpha value is -0.950. The maximum absolute atomic E-state index is 10.9. The number of urea groups is 1. The van der Waals surface area contributed by atoms with Gasteiger partial charge in [-0.1, -0.05) is 0 Å². The quantitative estimate of drug-likeness (QED) is 0.420. The SMILES string of the molecule is CSCCCCNC(=O)NOCC(=O)O. The standard InChI is InChI=1S/C8H16N2O4S/c1-15-5-3-2-4-9-8(13)10-14-6-7(11)12/h2-6H2,1H3,(H,11,12)(H2,9,10,13). The zero-order valence-corrected chi connectivity index (χ0v) is 9.43. The fraction of sp³-hybridized carbons (Fsp3) is 0.750. The monoisotopic (exact) mass is 236 g/mol. The summed E-state index contributed by atoms with van der Waals surface area (Å²) in [6, 6.07) is -0.514. The summed E-state index contributed by atoms with van der Waals surface area (Å²) >= 11 is 1.76. The molecule has 0 fully saturated rings. The molecule has 0 unspecified atom stereocenters. The number of nitrogens with one attached hydrogen (secondary N) is 2. The number of hydrogen-bond donors (Lipinski definition) is 3. The zero-order chi connectivity index (χ0) is 11.5. The van der Waals surface area contributed by atoms with Crippen LogP contribution in [0, 0.1) is 0 Å². The molecule has 3 N–H and O–H groups in total. The molecule has 0 aromatic carbocycles. The summed E-state index contributed by atoms with van der Waals surface area (Å²) in [5, 5.41) is 10.7. The van der Waals surface area contributed by atoms with E-state index in [1.807, 2.05) is 11.7 Å². The molecule has 0 saturated heterocycles. The topological polar surface area (TPSA) is 87.7 Å². The van der Waals surface area contributed by atoms with E-state index in [4.69, 9.17) is 5.11 Å². The smallest absolute Gasteiger partial charge is 0.338 e. The normalized spacial score (nSPS) is 9.67. The highest BCUT2D eigenvalue weighted by atomic mass is 32.2. The predicted octanol–water partition coefficient (Wildman–Crippen LogP) is 0.445. The van der Waals surface area contributed by atoms with E-state index in [0.29, 0.717) is 6.54 Å². The highest BCUT2D eigenvalue weighted by Gasteiger charge is 2.01. The van der Waals surface area contributed by atoms with Gasteiger partial charge >= 0.3 is 12.0 Å². The molecule has 0 spiro atoms. The number of carbonyl (C=O) groups excluding carboxylic acids is 1. The van der Waals surface area contributed by atoms with Gasteiger partial charge in [0, 0.05) is 6.54 Å². The van der Waals surface area contributed by atoms with Gasteiger partial charge in [-0.15, -0.1) is 0 Å². The number of hydroxylamine groups is 1. The van der Waals surface area contributed by atoms with Crippen LogP contribution in [0.25, 0.3) is 0 Å². The summed E-state index contributed by atoms with van der Waals surface area (Å²) in [7, 11) is 0. The molecular formula is C8H16N2O4S. The third kappa shape index (κ3) is 11.0. The Kier molecular flexibility index (Phi) is 8.99. The minimum atomic E-state index is -1.13. The molecule has 88 valence electrons. The van der Waals surface area contributed by atoms with Crippen molar-refractivity contribution in [2.45, 2.75) is 12.8 Å². The Bertz CT molecular complexity index is 201. The Morgan fingerprint density at radius 2 is 2.13 bits per heavy atom. The maximum Gasteiger partial charge on any atom is 0.338 e. The summed E-state index contributed by atoms with van der Waals surface area (Å²) in [5.74, 6) is -0.0611. The van der Waals surface area contributed by atoms with Gasteiger partial charge in [-0.3, -0.25) is 4.84 Å². The molecule has 0 rings (SSSR count). The van der Waals surface area contributed by atoms with Gasteiger partial charge in [-0.25, -0.2) is 15.1 Å². The lowest BCUT2D eigenvalue weighted by Gasteiger charge is -2.05. The maximum atomic E-state index is 10.9. The van der Waals surface area contributed by atoms with Crippen LogP contribution in [0.15, 0.2) is 0 Å². The second-order valence-corrected chi connectivity index (χ2v) is 3.73. The summed E-state index contributed by atoms with van der Waals surface area (Å²) in [6.45, 7) is 0.0166. The average molecular weight is 236 g/mol. The first-order valence-corrected chi connectivity index (χ1v) is 5.92. The minimum Gasteiger partial charge on any atom is -0.479 e. The molecule has 0 radical (unpaired) electrons. The number of amides is 2. The molecule has 0 aliphatic heterocycles. The van der Waals surface area contributed by atoms with E-state index in [1.54, 1.807) is 11.8 Å². The third-order valence-corrected chi connectivity index (χ3v) is 2.12. The molecule has 0 aliphatic carbocycles. The van der Waals surface area contributed by atoms with Crippen LogP contribution < -0.4 is 10.8 Å². The Labute approximate surface area is 92.7 Å². The van der Waals surface area contributed by atoms with E-state index in [-0.39, 0.29) is 0 Å². The van der Waals surface area contributed by atoms with Crippen LogP contribution in [0.1, 0.15) is 12.8 Å². The number of thioether (sulfide) groups is 1. The lowest BCUT2D eigenvalue weighted by Crippen LogP contribution is -2.37. The van der Waals surface area contributed by atoms with Gasteiger partial charge in [-0.05, 0) is 24.9 Å². The number of aliphatic carboxylic acids is 1. The van der Waals surface area contributed by atoms with E-state index in [9.17, 15) is 9.59 Å². The second-order valence-electron chi connectivity index (χ2n) is 2.74. The highest BCUT2D eigenvalue weighted by Crippen LogP contribution is 1.97. The van der Waals surface area contributed by atoms with Gasteiger partial charge in [0.2, 0.25) is 0 Å². The number of hydrogen-bond acceptors (Lipinski definition) is 4. The molecule has 0 aliphatic rings. The van der Waals surface area contributed by atoms with Crippen molar-refractivity contribution < 1.29 is 19.5 Å². The minimum absolute atomic E-state index is 0.514. The van der Waals surface area contributed by atoms with Gasteiger partial charge in [0.25, 0.3) is 0 Å². The fourth-order valence-electron chi connectivity index (χ4n) is 0.773. The van der Waals surface area contributed by atoms with Crippen LogP contribution >= 0.6 is 11.8 Å². The summed E-state index contributed by atoms with van der Waals surface area (Å²) in [4.78, 5) is 25.3. The molecule has 0 heterocycles. The molecule has 7 heteroatoms. The molecular weight excluding hydrogens is 220 g/mol. The number of carbonyl (C=O) groups is 2. The number of rotatable bonds is 8. The summed E-state index contributed by atoms with van der Waals surface area (Å²) in [5.41, 5.74) is 1.97. The Balaban J connectivity index is 3.22. The van der Waals surface area contributed by atoms with E-state index >= 15 is 0 Å². The van der Waals surface area contributed by atoms with Crippen LogP contribution in [0.4, 0.5) is 4.79 Å². The molecule has 6 nitrogen and oxygen atoms in total. The molecule has 2 amide bonds.